The van der Waals surface area contributed by atoms with Gasteiger partial charge in [-0.3, -0.25) is 9.59 Å². The molecule has 2 aromatic carbocycles. The summed E-state index contributed by atoms with van der Waals surface area (Å²) in [5.74, 6) is -1.32. The van der Waals surface area contributed by atoms with Crippen LogP contribution >= 0.6 is 0 Å². The molecule has 2 N–H and O–H groups in total. The van der Waals surface area contributed by atoms with E-state index in [1.165, 1.54) is 0 Å². The predicted molar refractivity (Wildman–Crippen MR) is 96.9 cm³/mol. The molecule has 0 aliphatic heterocycles. The Hall–Kier alpha value is -2.66. The summed E-state index contributed by atoms with van der Waals surface area (Å²) in [6.45, 7) is 4.05. The van der Waals surface area contributed by atoms with Gasteiger partial charge in [0.1, 0.15) is 0 Å². The Morgan fingerprint density at radius 3 is 2.28 bits per heavy atom. The highest BCUT2D eigenvalue weighted by atomic mass is 16.5. The van der Waals surface area contributed by atoms with Crippen LogP contribution in [0.3, 0.4) is 0 Å². The van der Waals surface area contributed by atoms with Crippen molar-refractivity contribution in [3.05, 3.63) is 71.3 Å². The highest BCUT2D eigenvalue weighted by Gasteiger charge is 2.19. The zero-order valence-corrected chi connectivity index (χ0v) is 14.8. The van der Waals surface area contributed by atoms with E-state index in [1.807, 2.05) is 68.4 Å². The summed E-state index contributed by atoms with van der Waals surface area (Å²) in [7, 11) is 1.58. The maximum Gasteiger partial charge on any atom is 0.309 e. The van der Waals surface area contributed by atoms with Crippen molar-refractivity contribution >= 4 is 11.8 Å². The van der Waals surface area contributed by atoms with E-state index >= 15 is 0 Å². The van der Waals surface area contributed by atoms with Gasteiger partial charge < -0.3 is 15.4 Å². The number of benzene rings is 2. The van der Waals surface area contributed by atoms with Crippen molar-refractivity contribution in [1.82, 2.24) is 10.6 Å². The fraction of sp³-hybridized carbons (Fsp3) is 0.300. The SMILES string of the molecule is CO[C@H](CNC(=O)C(=O)N[C@H](C)c1ccccc1)c1ccccc1C. The highest BCUT2D eigenvalue weighted by Crippen LogP contribution is 2.19. The van der Waals surface area contributed by atoms with Crippen LogP contribution in [0.5, 0.6) is 0 Å². The largest absolute Gasteiger partial charge is 0.375 e. The third-order valence-corrected chi connectivity index (χ3v) is 4.12. The van der Waals surface area contributed by atoms with Gasteiger partial charge in [0.15, 0.2) is 0 Å². The highest BCUT2D eigenvalue weighted by molar-refractivity contribution is 6.35. The zero-order chi connectivity index (χ0) is 18.2. The van der Waals surface area contributed by atoms with Gasteiger partial charge in [-0.15, -0.1) is 0 Å². The Kier molecular flexibility index (Phi) is 6.71. The molecule has 0 unspecified atom stereocenters. The fourth-order valence-electron chi connectivity index (χ4n) is 2.62. The normalized spacial score (nSPS) is 12.9. The number of methoxy groups -OCH3 is 1. The molecule has 0 aromatic heterocycles. The number of hydrogen-bond donors (Lipinski definition) is 2. The second kappa shape index (κ2) is 8.99. The van der Waals surface area contributed by atoms with Crippen LogP contribution in [0.25, 0.3) is 0 Å². The first-order chi connectivity index (χ1) is 12.0. The van der Waals surface area contributed by atoms with Gasteiger partial charge in [-0.05, 0) is 30.5 Å². The lowest BCUT2D eigenvalue weighted by atomic mass is 10.0. The van der Waals surface area contributed by atoms with E-state index in [4.69, 9.17) is 4.74 Å². The molecule has 0 spiro atoms. The van der Waals surface area contributed by atoms with Gasteiger partial charge in [0.2, 0.25) is 0 Å². The average Bonchev–Trinajstić information content (AvgIpc) is 2.64. The van der Waals surface area contributed by atoms with Crippen molar-refractivity contribution in [2.45, 2.75) is 26.0 Å². The van der Waals surface area contributed by atoms with Crippen molar-refractivity contribution in [2.75, 3.05) is 13.7 Å². The van der Waals surface area contributed by atoms with Gasteiger partial charge in [0.05, 0.1) is 12.1 Å². The predicted octanol–water partition coefficient (Wildman–Crippen LogP) is 2.68. The van der Waals surface area contributed by atoms with E-state index in [0.717, 1.165) is 16.7 Å². The minimum Gasteiger partial charge on any atom is -0.375 e. The molecule has 2 atom stereocenters. The van der Waals surface area contributed by atoms with Crippen LogP contribution in [0.1, 0.15) is 35.8 Å². The molecular weight excluding hydrogens is 316 g/mol. The van der Waals surface area contributed by atoms with Crippen LogP contribution in [0.15, 0.2) is 54.6 Å². The third-order valence-electron chi connectivity index (χ3n) is 4.12. The number of aryl methyl sites for hydroxylation is 1. The summed E-state index contributed by atoms with van der Waals surface area (Å²) in [6.07, 6.45) is -0.301. The minimum absolute atomic E-state index is 0.229. The number of rotatable bonds is 6. The lowest BCUT2D eigenvalue weighted by Gasteiger charge is -2.19. The summed E-state index contributed by atoms with van der Waals surface area (Å²) >= 11 is 0. The van der Waals surface area contributed by atoms with Crippen molar-refractivity contribution < 1.29 is 14.3 Å². The summed E-state index contributed by atoms with van der Waals surface area (Å²) in [5.41, 5.74) is 3.01. The van der Waals surface area contributed by atoms with Crippen molar-refractivity contribution in [2.24, 2.45) is 0 Å². The first kappa shape index (κ1) is 18.7. The van der Waals surface area contributed by atoms with E-state index in [-0.39, 0.29) is 18.7 Å². The van der Waals surface area contributed by atoms with Gasteiger partial charge in [0.25, 0.3) is 0 Å². The molecule has 0 bridgehead atoms. The molecule has 0 aliphatic rings. The van der Waals surface area contributed by atoms with Gasteiger partial charge in [0, 0.05) is 13.7 Å². The third kappa shape index (κ3) is 5.16. The van der Waals surface area contributed by atoms with Crippen LogP contribution in [-0.4, -0.2) is 25.5 Å². The van der Waals surface area contributed by atoms with E-state index in [9.17, 15) is 9.59 Å². The van der Waals surface area contributed by atoms with Gasteiger partial charge in [-0.2, -0.15) is 0 Å². The Labute approximate surface area is 148 Å². The molecular formula is C20H24N2O3. The second-order valence-electron chi connectivity index (χ2n) is 5.90. The molecule has 2 amide bonds. The summed E-state index contributed by atoms with van der Waals surface area (Å²) in [5, 5.41) is 5.34. The number of carbonyl (C=O) groups excluding carboxylic acids is 2. The van der Waals surface area contributed by atoms with Crippen LogP contribution in [-0.2, 0) is 14.3 Å². The Bertz CT molecular complexity index is 716. The van der Waals surface area contributed by atoms with Gasteiger partial charge in [-0.25, -0.2) is 0 Å². The van der Waals surface area contributed by atoms with E-state index in [2.05, 4.69) is 10.6 Å². The van der Waals surface area contributed by atoms with Gasteiger partial charge in [-0.1, -0.05) is 54.6 Å². The first-order valence-corrected chi connectivity index (χ1v) is 8.25. The van der Waals surface area contributed by atoms with Crippen molar-refractivity contribution in [3.8, 4) is 0 Å². The van der Waals surface area contributed by atoms with Crippen molar-refractivity contribution in [3.63, 3.8) is 0 Å². The van der Waals surface area contributed by atoms with Crippen LogP contribution in [0.4, 0.5) is 0 Å². The van der Waals surface area contributed by atoms with E-state index in [1.54, 1.807) is 7.11 Å². The molecule has 0 heterocycles. The molecule has 2 rings (SSSR count). The first-order valence-electron chi connectivity index (χ1n) is 8.25. The van der Waals surface area contributed by atoms with E-state index in [0.29, 0.717) is 0 Å². The topological polar surface area (TPSA) is 67.4 Å². The van der Waals surface area contributed by atoms with Crippen LogP contribution in [0.2, 0.25) is 0 Å². The summed E-state index contributed by atoms with van der Waals surface area (Å²) < 4.78 is 5.45. The molecule has 132 valence electrons. The summed E-state index contributed by atoms with van der Waals surface area (Å²) in [6, 6.07) is 17.1. The lowest BCUT2D eigenvalue weighted by molar-refractivity contribution is -0.139. The van der Waals surface area contributed by atoms with Gasteiger partial charge >= 0.3 is 11.8 Å². The summed E-state index contributed by atoms with van der Waals surface area (Å²) in [4.78, 5) is 24.1. The molecule has 2 aromatic rings. The maximum atomic E-state index is 12.1. The maximum absolute atomic E-state index is 12.1. The number of nitrogens with one attached hydrogen (secondary N) is 2. The molecule has 0 radical (unpaired) electrons. The van der Waals surface area contributed by atoms with Crippen LogP contribution in [0, 0.1) is 6.92 Å². The Morgan fingerprint density at radius 1 is 1.00 bits per heavy atom. The second-order valence-corrected chi connectivity index (χ2v) is 5.90. The monoisotopic (exact) mass is 340 g/mol. The van der Waals surface area contributed by atoms with Crippen LogP contribution < -0.4 is 10.6 Å². The number of ether oxygens (including phenoxy) is 1. The van der Waals surface area contributed by atoms with E-state index < -0.39 is 11.8 Å². The molecule has 5 heteroatoms. The molecule has 25 heavy (non-hydrogen) atoms. The average molecular weight is 340 g/mol. The molecule has 0 saturated heterocycles. The van der Waals surface area contributed by atoms with Crippen molar-refractivity contribution in [1.29, 1.82) is 0 Å². The zero-order valence-electron chi connectivity index (χ0n) is 14.8. The molecule has 5 nitrogen and oxygen atoms in total. The number of amides is 2. The molecule has 0 aliphatic carbocycles. The number of carbonyl (C=O) groups is 2. The quantitative estimate of drug-likeness (QED) is 0.795. The smallest absolute Gasteiger partial charge is 0.309 e. The Balaban J connectivity index is 1.90. The lowest BCUT2D eigenvalue weighted by Crippen LogP contribution is -2.42. The fourth-order valence-corrected chi connectivity index (χ4v) is 2.62. The molecule has 0 saturated carbocycles. The Morgan fingerprint density at radius 2 is 1.64 bits per heavy atom. The number of hydrogen-bond acceptors (Lipinski definition) is 3. The standard InChI is InChI=1S/C20H24N2O3/c1-14-9-7-8-12-17(14)18(25-3)13-21-19(23)20(24)22-15(2)16-10-5-4-6-11-16/h4-12,15,18H,13H2,1-3H3,(H,21,23)(H,22,24)/t15-,18-/m1/s1. The minimum atomic E-state index is -0.668. The molecule has 0 fully saturated rings.